The Morgan fingerprint density at radius 3 is 2.26 bits per heavy atom. The average molecular weight is 383 g/mol. The Kier molecular flexibility index (Phi) is 4.25. The number of carbonyl (C=O) groups is 3. The molecule has 1 aromatic heterocycles. The first-order valence-corrected chi connectivity index (χ1v) is 8.03. The maximum atomic E-state index is 12.4. The first-order valence-electron chi connectivity index (χ1n) is 7.24. The predicted molar refractivity (Wildman–Crippen MR) is 82.0 cm³/mol. The molecule has 1 heterocycles. The molecule has 0 spiro atoms. The van der Waals surface area contributed by atoms with Crippen molar-refractivity contribution in [2.24, 2.45) is 23.7 Å². The molecule has 122 valence electrons. The number of hydrogen-bond acceptors (Lipinski definition) is 4. The zero-order valence-corrected chi connectivity index (χ0v) is 13.6. The van der Waals surface area contributed by atoms with E-state index in [0.29, 0.717) is 4.67 Å². The van der Waals surface area contributed by atoms with E-state index in [0.717, 1.165) is 12.8 Å². The van der Waals surface area contributed by atoms with Crippen molar-refractivity contribution in [2.75, 3.05) is 0 Å². The van der Waals surface area contributed by atoms with Gasteiger partial charge in [-0.2, -0.15) is 0 Å². The molecule has 3 aliphatic carbocycles. The number of fused-ring (bicyclic) bond motifs is 2. The average Bonchev–Trinajstić information content (AvgIpc) is 2.99. The highest BCUT2D eigenvalue weighted by atomic mass is 79.9. The van der Waals surface area contributed by atoms with Crippen LogP contribution < -0.4 is 10.9 Å². The van der Waals surface area contributed by atoms with Gasteiger partial charge in [0.2, 0.25) is 5.91 Å². The summed E-state index contributed by atoms with van der Waals surface area (Å²) in [5.41, 5.74) is 4.58. The number of hydrazine groups is 1. The highest BCUT2D eigenvalue weighted by molar-refractivity contribution is 9.10. The van der Waals surface area contributed by atoms with Gasteiger partial charge in [0.15, 0.2) is 10.4 Å². The quantitative estimate of drug-likeness (QED) is 0.544. The minimum Gasteiger partial charge on any atom is -0.481 e. The van der Waals surface area contributed by atoms with E-state index in [-0.39, 0.29) is 17.6 Å². The Balaban J connectivity index is 1.66. The van der Waals surface area contributed by atoms with Crippen LogP contribution in [0.15, 0.2) is 33.4 Å². The number of rotatable bonds is 3. The van der Waals surface area contributed by atoms with E-state index in [2.05, 4.69) is 26.8 Å². The fourth-order valence-electron chi connectivity index (χ4n) is 3.39. The van der Waals surface area contributed by atoms with Crippen LogP contribution in [-0.2, 0) is 9.59 Å². The molecule has 0 aromatic carbocycles. The molecule has 3 aliphatic rings. The van der Waals surface area contributed by atoms with Crippen molar-refractivity contribution in [3.63, 3.8) is 0 Å². The van der Waals surface area contributed by atoms with E-state index in [4.69, 9.17) is 4.42 Å². The topological polar surface area (TPSA) is 109 Å². The molecule has 3 N–H and O–H groups in total. The van der Waals surface area contributed by atoms with Gasteiger partial charge in [0.05, 0.1) is 11.8 Å². The summed E-state index contributed by atoms with van der Waals surface area (Å²) < 4.78 is 5.48. The van der Waals surface area contributed by atoms with Gasteiger partial charge in [0.1, 0.15) is 0 Å². The number of nitrogens with one attached hydrogen (secondary N) is 2. The van der Waals surface area contributed by atoms with Crippen LogP contribution in [0, 0.1) is 23.7 Å². The molecule has 7 nitrogen and oxygen atoms in total. The molecule has 1 aromatic rings. The molecule has 1 saturated carbocycles. The lowest BCUT2D eigenvalue weighted by Gasteiger charge is -2.41. The molecule has 2 amide bonds. The van der Waals surface area contributed by atoms with Gasteiger partial charge < -0.3 is 9.52 Å². The summed E-state index contributed by atoms with van der Waals surface area (Å²) in [6, 6.07) is 3.01. The molecule has 8 heteroatoms. The van der Waals surface area contributed by atoms with E-state index in [1.165, 1.54) is 6.07 Å². The van der Waals surface area contributed by atoms with Crippen LogP contribution in [0.2, 0.25) is 0 Å². The number of hydrogen-bond donors (Lipinski definition) is 3. The van der Waals surface area contributed by atoms with Crippen molar-refractivity contribution in [3.05, 3.63) is 34.7 Å². The number of halogens is 1. The number of allylic oxidation sites excluding steroid dienone is 2. The van der Waals surface area contributed by atoms with E-state index in [9.17, 15) is 19.5 Å². The highest BCUT2D eigenvalue weighted by Crippen LogP contribution is 2.44. The second kappa shape index (κ2) is 6.19. The van der Waals surface area contributed by atoms with Crippen molar-refractivity contribution in [1.82, 2.24) is 10.9 Å². The molecule has 0 saturated heterocycles. The van der Waals surface area contributed by atoms with Crippen LogP contribution in [0.1, 0.15) is 23.4 Å². The van der Waals surface area contributed by atoms with Crippen molar-refractivity contribution >= 4 is 33.7 Å². The van der Waals surface area contributed by atoms with Crippen LogP contribution in [0.5, 0.6) is 0 Å². The van der Waals surface area contributed by atoms with Crippen LogP contribution >= 0.6 is 15.9 Å². The largest absolute Gasteiger partial charge is 0.481 e. The minimum atomic E-state index is -0.981. The highest BCUT2D eigenvalue weighted by Gasteiger charge is 2.48. The monoisotopic (exact) mass is 382 g/mol. The standard InChI is InChI=1S/C15H15BrN2O5/c16-10-6-5-9(23-10)13(19)17-18-14(20)11-7-1-3-8(4-2-7)12(11)15(21)22/h1,3,5-8,11-12H,2,4H2,(H,17,19)(H,18,20)(H,21,22). The van der Waals surface area contributed by atoms with E-state index in [1.807, 2.05) is 12.2 Å². The zero-order chi connectivity index (χ0) is 16.6. The van der Waals surface area contributed by atoms with Crippen molar-refractivity contribution in [2.45, 2.75) is 12.8 Å². The Hall–Kier alpha value is -2.09. The number of carboxylic acid groups (broad SMARTS) is 1. The van der Waals surface area contributed by atoms with Gasteiger partial charge in [-0.05, 0) is 52.7 Å². The minimum absolute atomic E-state index is 0.0389. The van der Waals surface area contributed by atoms with Crippen LogP contribution in [0.4, 0.5) is 0 Å². The van der Waals surface area contributed by atoms with Gasteiger partial charge in [-0.1, -0.05) is 12.2 Å². The zero-order valence-electron chi connectivity index (χ0n) is 12.0. The van der Waals surface area contributed by atoms with Gasteiger partial charge in [-0.15, -0.1) is 0 Å². The van der Waals surface area contributed by atoms with Gasteiger partial charge in [-0.3, -0.25) is 25.2 Å². The Bertz CT molecular complexity index is 683. The summed E-state index contributed by atoms with van der Waals surface area (Å²) in [5, 5.41) is 9.42. The van der Waals surface area contributed by atoms with Gasteiger partial charge in [-0.25, -0.2) is 0 Å². The summed E-state index contributed by atoms with van der Waals surface area (Å²) >= 11 is 3.08. The Morgan fingerprint density at radius 2 is 1.74 bits per heavy atom. The third-order valence-electron chi connectivity index (χ3n) is 4.43. The lowest BCUT2D eigenvalue weighted by molar-refractivity contribution is -0.153. The molecule has 0 aliphatic heterocycles. The summed E-state index contributed by atoms with van der Waals surface area (Å²) in [7, 11) is 0. The number of carbonyl (C=O) groups excluding carboxylic acids is 2. The maximum Gasteiger partial charge on any atom is 0.307 e. The van der Waals surface area contributed by atoms with Crippen molar-refractivity contribution < 1.29 is 23.9 Å². The van der Waals surface area contributed by atoms with Crippen molar-refractivity contribution in [1.29, 1.82) is 0 Å². The van der Waals surface area contributed by atoms with Crippen LogP contribution in [0.3, 0.4) is 0 Å². The summed E-state index contributed by atoms with van der Waals surface area (Å²) in [5.74, 6) is -3.72. The van der Waals surface area contributed by atoms with Gasteiger partial charge in [0.25, 0.3) is 0 Å². The van der Waals surface area contributed by atoms with Crippen LogP contribution in [-0.4, -0.2) is 22.9 Å². The number of furan rings is 1. The lowest BCUT2D eigenvalue weighted by atomic mass is 9.62. The predicted octanol–water partition coefficient (Wildman–Crippen LogP) is 1.72. The molecular weight excluding hydrogens is 368 g/mol. The third-order valence-corrected chi connectivity index (χ3v) is 4.86. The van der Waals surface area contributed by atoms with E-state index >= 15 is 0 Å². The van der Waals surface area contributed by atoms with E-state index < -0.39 is 29.6 Å². The maximum absolute atomic E-state index is 12.4. The molecule has 23 heavy (non-hydrogen) atoms. The summed E-state index contributed by atoms with van der Waals surface area (Å²) in [4.78, 5) is 35.7. The lowest BCUT2D eigenvalue weighted by Crippen LogP contribution is -2.53. The fourth-order valence-corrected chi connectivity index (χ4v) is 3.69. The fraction of sp³-hybridized carbons (Fsp3) is 0.400. The molecule has 2 bridgehead atoms. The molecule has 4 atom stereocenters. The van der Waals surface area contributed by atoms with Gasteiger partial charge >= 0.3 is 11.9 Å². The number of aliphatic carboxylic acids is 1. The Morgan fingerprint density at radius 1 is 1.09 bits per heavy atom. The summed E-state index contributed by atoms with van der Waals surface area (Å²) in [6.45, 7) is 0. The molecule has 4 unspecified atom stereocenters. The first-order chi connectivity index (χ1) is 11.0. The second-order valence-electron chi connectivity index (χ2n) is 5.73. The smallest absolute Gasteiger partial charge is 0.307 e. The first kappa shape index (κ1) is 15.8. The molecular formula is C15H15BrN2O5. The SMILES string of the molecule is O=C(NNC(=O)C1C2C=CC(CC2)C1C(=O)O)c1ccc(Br)o1. The normalized spacial score (nSPS) is 28.4. The van der Waals surface area contributed by atoms with Crippen LogP contribution in [0.25, 0.3) is 0 Å². The summed E-state index contributed by atoms with van der Waals surface area (Å²) in [6.07, 6.45) is 5.34. The molecule has 4 rings (SSSR count). The Labute approximate surface area is 140 Å². The second-order valence-corrected chi connectivity index (χ2v) is 6.51. The van der Waals surface area contributed by atoms with Gasteiger partial charge in [0, 0.05) is 0 Å². The number of carboxylic acids is 1. The van der Waals surface area contributed by atoms with E-state index in [1.54, 1.807) is 6.07 Å². The molecule has 0 radical (unpaired) electrons. The number of amides is 2. The third kappa shape index (κ3) is 3.03. The van der Waals surface area contributed by atoms with Crippen molar-refractivity contribution in [3.8, 4) is 0 Å². The molecule has 1 fully saturated rings.